The van der Waals surface area contributed by atoms with Crippen molar-refractivity contribution in [3.05, 3.63) is 0 Å². The smallest absolute Gasteiger partial charge is 0.0462 e. The maximum Gasteiger partial charge on any atom is 0.0462 e. The molecule has 0 atom stereocenters. The van der Waals surface area contributed by atoms with Gasteiger partial charge in [-0.2, -0.15) is 0 Å². The van der Waals surface area contributed by atoms with Gasteiger partial charge >= 0.3 is 0 Å². The molecule has 0 radical (unpaired) electrons. The number of unbranched alkanes of at least 4 members (excludes halogenated alkanes) is 2. The molecule has 0 saturated heterocycles. The summed E-state index contributed by atoms with van der Waals surface area (Å²) in [5, 5.41) is 0. The lowest BCUT2D eigenvalue weighted by Crippen LogP contribution is -1.98. The number of rotatable bonds is 6. The summed E-state index contributed by atoms with van der Waals surface area (Å²) in [4.78, 5) is 0. The first-order valence-electron chi connectivity index (χ1n) is 4.26. The van der Waals surface area contributed by atoms with Crippen molar-refractivity contribution in [2.24, 2.45) is 0 Å². The van der Waals surface area contributed by atoms with E-state index in [1.165, 1.54) is 25.3 Å². The van der Waals surface area contributed by atoms with E-state index < -0.39 is 0 Å². The Balaban J connectivity index is 2.77. The highest BCUT2D eigenvalue weighted by Gasteiger charge is 1.94. The van der Waals surface area contributed by atoms with Crippen LogP contribution in [0, 0.1) is 0 Å². The van der Waals surface area contributed by atoms with Crippen molar-refractivity contribution in [2.45, 2.75) is 38.4 Å². The Morgan fingerprint density at radius 3 is 2.30 bits per heavy atom. The highest BCUT2D eigenvalue weighted by atomic mass is 28.3. The molecule has 0 aliphatic carbocycles. The average Bonchev–Trinajstić information content (AvgIpc) is 1.87. The summed E-state index contributed by atoms with van der Waals surface area (Å²) in [6.45, 7) is 5.77. The lowest BCUT2D eigenvalue weighted by Gasteiger charge is -2.01. The molecule has 0 amide bonds. The molecule has 0 aromatic rings. The van der Waals surface area contributed by atoms with E-state index >= 15 is 0 Å². The summed E-state index contributed by atoms with van der Waals surface area (Å²) >= 11 is 0. The van der Waals surface area contributed by atoms with Gasteiger partial charge in [-0.05, 0) is 6.42 Å². The Bertz CT molecular complexity index is 64.3. The number of hydrogen-bond donors (Lipinski definition) is 0. The fraction of sp³-hybridized carbons (Fsp3) is 1.00. The van der Waals surface area contributed by atoms with Gasteiger partial charge in [0.25, 0.3) is 0 Å². The van der Waals surface area contributed by atoms with Gasteiger partial charge in [0, 0.05) is 22.5 Å². The fourth-order valence-corrected chi connectivity index (χ4v) is 2.08. The van der Waals surface area contributed by atoms with Gasteiger partial charge in [-0.15, -0.1) is 0 Å². The zero-order valence-electron chi connectivity index (χ0n) is 7.52. The molecule has 0 bridgehead atoms. The van der Waals surface area contributed by atoms with E-state index in [0.29, 0.717) is 0 Å². The van der Waals surface area contributed by atoms with E-state index in [0.717, 1.165) is 6.61 Å². The Kier molecular flexibility index (Phi) is 7.41. The normalized spacial score (nSPS) is 10.8. The molecule has 0 rings (SSSR count). The lowest BCUT2D eigenvalue weighted by atomic mass is 10.3. The summed E-state index contributed by atoms with van der Waals surface area (Å²) in [5.41, 5.74) is 0. The van der Waals surface area contributed by atoms with Gasteiger partial charge in [0.15, 0.2) is 0 Å². The van der Waals surface area contributed by atoms with Crippen LogP contribution in [-0.4, -0.2) is 22.5 Å². The van der Waals surface area contributed by atoms with Crippen molar-refractivity contribution in [2.75, 3.05) is 13.7 Å². The molecule has 0 aliphatic rings. The first-order valence-corrected chi connectivity index (χ1v) is 7.39. The van der Waals surface area contributed by atoms with Crippen molar-refractivity contribution < 1.29 is 4.74 Å². The zero-order valence-corrected chi connectivity index (χ0v) is 8.68. The van der Waals surface area contributed by atoms with Crippen LogP contribution in [0.4, 0.5) is 0 Å². The maximum atomic E-state index is 4.96. The topological polar surface area (TPSA) is 9.23 Å². The molecule has 0 fully saturated rings. The van der Waals surface area contributed by atoms with Crippen molar-refractivity contribution in [3.8, 4) is 0 Å². The van der Waals surface area contributed by atoms with E-state index in [9.17, 15) is 0 Å². The van der Waals surface area contributed by atoms with Gasteiger partial charge in [0.05, 0.1) is 0 Å². The molecule has 62 valence electrons. The standard InChI is InChI=1S/C8H20OSi/c1-9-7-5-4-6-8-10(2)3/h10H,4-8H2,1-3H3. The Morgan fingerprint density at radius 2 is 1.80 bits per heavy atom. The second-order valence-corrected chi connectivity index (χ2v) is 6.60. The van der Waals surface area contributed by atoms with Gasteiger partial charge in [0.1, 0.15) is 0 Å². The van der Waals surface area contributed by atoms with Crippen molar-refractivity contribution >= 4 is 8.80 Å². The number of methoxy groups -OCH3 is 1. The van der Waals surface area contributed by atoms with Crippen molar-refractivity contribution in [1.82, 2.24) is 0 Å². The van der Waals surface area contributed by atoms with Crippen LogP contribution < -0.4 is 0 Å². The molecule has 0 aliphatic heterocycles. The molecular formula is C8H20OSi. The first kappa shape index (κ1) is 10.2. The highest BCUT2D eigenvalue weighted by Crippen LogP contribution is 2.03. The van der Waals surface area contributed by atoms with E-state index in [1.807, 2.05) is 0 Å². The highest BCUT2D eigenvalue weighted by molar-refractivity contribution is 6.55. The molecule has 0 unspecified atom stereocenters. The molecule has 1 nitrogen and oxygen atoms in total. The Morgan fingerprint density at radius 1 is 1.10 bits per heavy atom. The average molecular weight is 160 g/mol. The lowest BCUT2D eigenvalue weighted by molar-refractivity contribution is 0.192. The van der Waals surface area contributed by atoms with Crippen LogP contribution in [-0.2, 0) is 4.74 Å². The predicted octanol–water partition coefficient (Wildman–Crippen LogP) is 2.29. The van der Waals surface area contributed by atoms with Gasteiger partial charge in [-0.25, -0.2) is 0 Å². The van der Waals surface area contributed by atoms with E-state index in [1.54, 1.807) is 7.11 Å². The van der Waals surface area contributed by atoms with Crippen LogP contribution in [0.25, 0.3) is 0 Å². The second kappa shape index (κ2) is 7.29. The molecule has 0 saturated carbocycles. The SMILES string of the molecule is COCCCCC[SiH](C)C. The van der Waals surface area contributed by atoms with E-state index in [4.69, 9.17) is 4.74 Å². The molecule has 0 aromatic carbocycles. The Labute approximate surface area is 66.4 Å². The third-order valence-corrected chi connectivity index (χ3v) is 3.19. The largest absolute Gasteiger partial charge is 0.385 e. The Hall–Kier alpha value is 0.177. The summed E-state index contributed by atoms with van der Waals surface area (Å²) < 4.78 is 4.96. The summed E-state index contributed by atoms with van der Waals surface area (Å²) in [5.74, 6) is 0. The number of hydrogen-bond acceptors (Lipinski definition) is 1. The van der Waals surface area contributed by atoms with E-state index in [2.05, 4.69) is 13.1 Å². The fourth-order valence-electron chi connectivity index (χ4n) is 0.976. The summed E-state index contributed by atoms with van der Waals surface area (Å²) in [6.07, 6.45) is 4.03. The zero-order chi connectivity index (χ0) is 7.82. The molecule has 0 spiro atoms. The van der Waals surface area contributed by atoms with E-state index in [-0.39, 0.29) is 8.80 Å². The van der Waals surface area contributed by atoms with Crippen LogP contribution in [0.5, 0.6) is 0 Å². The van der Waals surface area contributed by atoms with Crippen LogP contribution in [0.3, 0.4) is 0 Å². The summed E-state index contributed by atoms with van der Waals surface area (Å²) in [7, 11) is 1.51. The van der Waals surface area contributed by atoms with Crippen LogP contribution in [0.2, 0.25) is 19.1 Å². The molecule has 0 N–H and O–H groups in total. The monoisotopic (exact) mass is 160 g/mol. The third-order valence-electron chi connectivity index (χ3n) is 1.63. The minimum Gasteiger partial charge on any atom is -0.385 e. The van der Waals surface area contributed by atoms with Gasteiger partial charge in [-0.1, -0.05) is 32.0 Å². The molecule has 0 heterocycles. The molecule has 2 heteroatoms. The maximum absolute atomic E-state index is 4.96. The third kappa shape index (κ3) is 8.18. The molecule has 10 heavy (non-hydrogen) atoms. The first-order chi connectivity index (χ1) is 4.77. The quantitative estimate of drug-likeness (QED) is 0.428. The van der Waals surface area contributed by atoms with Gasteiger partial charge < -0.3 is 4.74 Å². The molecule has 0 aromatic heterocycles. The molecular weight excluding hydrogens is 140 g/mol. The van der Waals surface area contributed by atoms with Crippen molar-refractivity contribution in [3.63, 3.8) is 0 Å². The van der Waals surface area contributed by atoms with Crippen molar-refractivity contribution in [1.29, 1.82) is 0 Å². The second-order valence-electron chi connectivity index (χ2n) is 3.24. The van der Waals surface area contributed by atoms with Crippen LogP contribution >= 0.6 is 0 Å². The minimum atomic E-state index is -0.263. The number of ether oxygens (including phenoxy) is 1. The summed E-state index contributed by atoms with van der Waals surface area (Å²) in [6, 6.07) is 1.50. The predicted molar refractivity (Wildman–Crippen MR) is 49.4 cm³/mol. The minimum absolute atomic E-state index is 0.263. The van der Waals surface area contributed by atoms with Crippen LogP contribution in [0.1, 0.15) is 19.3 Å². The van der Waals surface area contributed by atoms with Crippen LogP contribution in [0.15, 0.2) is 0 Å². The van der Waals surface area contributed by atoms with Gasteiger partial charge in [-0.3, -0.25) is 0 Å². The van der Waals surface area contributed by atoms with Gasteiger partial charge in [0.2, 0.25) is 0 Å².